The summed E-state index contributed by atoms with van der Waals surface area (Å²) in [5.74, 6) is 0.215. The Labute approximate surface area is 107 Å². The molecule has 3 nitrogen and oxygen atoms in total. The van der Waals surface area contributed by atoms with E-state index in [9.17, 15) is 18.3 Å². The molecule has 1 N–H and O–H groups in total. The minimum absolute atomic E-state index is 0.215. The molecular formula is C11H15F3N2OS. The molecule has 1 aliphatic rings. The number of aromatic nitrogens is 1. The molecule has 18 heavy (non-hydrogen) atoms. The summed E-state index contributed by atoms with van der Waals surface area (Å²) in [7, 11) is 0. The number of halogens is 3. The lowest BCUT2D eigenvalue weighted by Gasteiger charge is -2.15. The van der Waals surface area contributed by atoms with Crippen molar-refractivity contribution in [1.29, 1.82) is 0 Å². The second-order valence-corrected chi connectivity index (χ2v) is 5.59. The fraction of sp³-hybridized carbons (Fsp3) is 0.727. The minimum atomic E-state index is -4.36. The van der Waals surface area contributed by atoms with Crippen LogP contribution in [0.15, 0.2) is 5.38 Å². The Morgan fingerprint density at radius 2 is 2.33 bits per heavy atom. The molecule has 7 heteroatoms. The zero-order chi connectivity index (χ0) is 13.3. The van der Waals surface area contributed by atoms with Crippen molar-refractivity contribution in [2.24, 2.45) is 5.92 Å². The molecule has 0 aromatic carbocycles. The van der Waals surface area contributed by atoms with E-state index in [1.165, 1.54) is 0 Å². The summed E-state index contributed by atoms with van der Waals surface area (Å²) < 4.78 is 37.1. The maximum absolute atomic E-state index is 12.4. The van der Waals surface area contributed by atoms with Gasteiger partial charge in [-0.1, -0.05) is 0 Å². The molecule has 1 aromatic heterocycles. The Morgan fingerprint density at radius 1 is 1.61 bits per heavy atom. The number of aliphatic hydroxyl groups excluding tert-OH is 1. The fourth-order valence-corrected chi connectivity index (χ4v) is 2.95. The van der Waals surface area contributed by atoms with Crippen LogP contribution in [0.2, 0.25) is 0 Å². The lowest BCUT2D eigenvalue weighted by atomic mass is 10.0. The van der Waals surface area contributed by atoms with Gasteiger partial charge in [0.1, 0.15) is 5.01 Å². The Bertz CT molecular complexity index is 405. The summed E-state index contributed by atoms with van der Waals surface area (Å²) in [5.41, 5.74) is -0.811. The minimum Gasteiger partial charge on any atom is -0.393 e. The van der Waals surface area contributed by atoms with Gasteiger partial charge in [-0.2, -0.15) is 13.2 Å². The molecule has 1 aliphatic heterocycles. The van der Waals surface area contributed by atoms with Gasteiger partial charge in [0.05, 0.1) is 12.6 Å². The molecule has 1 saturated heterocycles. The molecule has 0 spiro atoms. The number of thiazole rings is 1. The first-order valence-electron chi connectivity index (χ1n) is 5.78. The fourth-order valence-electron chi connectivity index (χ4n) is 2.10. The number of aliphatic hydroxyl groups is 1. The lowest BCUT2D eigenvalue weighted by molar-refractivity contribution is -0.140. The summed E-state index contributed by atoms with van der Waals surface area (Å²) in [6.45, 7) is 3.71. The molecule has 0 amide bonds. The molecule has 0 saturated carbocycles. The highest BCUT2D eigenvalue weighted by Crippen LogP contribution is 2.31. The topological polar surface area (TPSA) is 36.4 Å². The van der Waals surface area contributed by atoms with Crippen molar-refractivity contribution in [3.63, 3.8) is 0 Å². The zero-order valence-electron chi connectivity index (χ0n) is 9.94. The van der Waals surface area contributed by atoms with E-state index in [0.29, 0.717) is 11.6 Å². The van der Waals surface area contributed by atoms with E-state index in [2.05, 4.69) is 4.98 Å². The summed E-state index contributed by atoms with van der Waals surface area (Å²) in [4.78, 5) is 5.64. The summed E-state index contributed by atoms with van der Waals surface area (Å²) in [6, 6.07) is 0. The molecule has 2 unspecified atom stereocenters. The predicted octanol–water partition coefficient (Wildman–Crippen LogP) is 2.36. The highest BCUT2D eigenvalue weighted by atomic mass is 32.1. The van der Waals surface area contributed by atoms with Crippen LogP contribution in [0.3, 0.4) is 0 Å². The second-order valence-electron chi connectivity index (χ2n) is 4.65. The molecule has 2 rings (SSSR count). The van der Waals surface area contributed by atoms with E-state index in [0.717, 1.165) is 36.2 Å². The van der Waals surface area contributed by atoms with Crippen molar-refractivity contribution >= 4 is 11.3 Å². The molecular weight excluding hydrogens is 265 g/mol. The number of rotatable bonds is 3. The van der Waals surface area contributed by atoms with Gasteiger partial charge in [0, 0.05) is 11.9 Å². The zero-order valence-corrected chi connectivity index (χ0v) is 10.8. The lowest BCUT2D eigenvalue weighted by Crippen LogP contribution is -2.24. The largest absolute Gasteiger partial charge is 0.434 e. The quantitative estimate of drug-likeness (QED) is 0.923. The second kappa shape index (κ2) is 5.14. The number of nitrogens with zero attached hydrogens (tertiary/aromatic N) is 2. The molecule has 2 atom stereocenters. The Balaban J connectivity index is 1.93. The van der Waals surface area contributed by atoms with Crippen LogP contribution < -0.4 is 0 Å². The van der Waals surface area contributed by atoms with Gasteiger partial charge in [-0.05, 0) is 25.8 Å². The highest BCUT2D eigenvalue weighted by Gasteiger charge is 2.34. The average Bonchev–Trinajstić information content (AvgIpc) is 2.85. The summed E-state index contributed by atoms with van der Waals surface area (Å²) in [5, 5.41) is 11.0. The monoisotopic (exact) mass is 280 g/mol. The van der Waals surface area contributed by atoms with Gasteiger partial charge in [-0.3, -0.25) is 4.90 Å². The molecule has 102 valence electrons. The first kappa shape index (κ1) is 13.8. The van der Waals surface area contributed by atoms with Crippen molar-refractivity contribution in [2.75, 3.05) is 13.1 Å². The van der Waals surface area contributed by atoms with Crippen molar-refractivity contribution in [3.05, 3.63) is 16.1 Å². The van der Waals surface area contributed by atoms with Crippen LogP contribution in [0.4, 0.5) is 13.2 Å². The normalized spacial score (nSPS) is 23.5. The first-order chi connectivity index (χ1) is 8.36. The standard InChI is InChI=1S/C11H15F3N2OS/c1-7(17)8-2-3-16(4-8)5-10-15-9(6-18-10)11(12,13)14/h6-8,17H,2-5H2,1H3. The van der Waals surface area contributed by atoms with Crippen molar-refractivity contribution < 1.29 is 18.3 Å². The van der Waals surface area contributed by atoms with Gasteiger partial charge in [-0.15, -0.1) is 11.3 Å². The number of hydrogen-bond donors (Lipinski definition) is 1. The molecule has 1 fully saturated rings. The van der Waals surface area contributed by atoms with E-state index >= 15 is 0 Å². The Morgan fingerprint density at radius 3 is 2.83 bits per heavy atom. The molecule has 0 bridgehead atoms. The van der Waals surface area contributed by atoms with E-state index in [4.69, 9.17) is 0 Å². The van der Waals surface area contributed by atoms with Gasteiger partial charge < -0.3 is 5.11 Å². The molecule has 0 radical (unpaired) electrons. The van der Waals surface area contributed by atoms with Gasteiger partial charge in [0.15, 0.2) is 5.69 Å². The average molecular weight is 280 g/mol. The third-order valence-corrected chi connectivity index (χ3v) is 4.03. The summed E-state index contributed by atoms with van der Waals surface area (Å²) >= 11 is 1.04. The Kier molecular flexibility index (Phi) is 3.93. The van der Waals surface area contributed by atoms with E-state index in [1.54, 1.807) is 6.92 Å². The van der Waals surface area contributed by atoms with Crippen LogP contribution in [-0.4, -0.2) is 34.2 Å². The first-order valence-corrected chi connectivity index (χ1v) is 6.66. The van der Waals surface area contributed by atoms with E-state index < -0.39 is 11.9 Å². The van der Waals surface area contributed by atoms with Crippen LogP contribution >= 0.6 is 11.3 Å². The number of alkyl halides is 3. The van der Waals surface area contributed by atoms with Crippen LogP contribution in [0.1, 0.15) is 24.0 Å². The SMILES string of the molecule is CC(O)C1CCN(Cc2nc(C(F)(F)F)cs2)C1. The van der Waals surface area contributed by atoms with Crippen LogP contribution in [0, 0.1) is 5.92 Å². The van der Waals surface area contributed by atoms with Gasteiger partial charge in [0.25, 0.3) is 0 Å². The third-order valence-electron chi connectivity index (χ3n) is 3.19. The predicted molar refractivity (Wildman–Crippen MR) is 62.2 cm³/mol. The molecule has 2 heterocycles. The van der Waals surface area contributed by atoms with Gasteiger partial charge in [0.2, 0.25) is 0 Å². The number of hydrogen-bond acceptors (Lipinski definition) is 4. The van der Waals surface area contributed by atoms with E-state index in [-0.39, 0.29) is 12.0 Å². The maximum Gasteiger partial charge on any atom is 0.434 e. The van der Waals surface area contributed by atoms with Crippen molar-refractivity contribution in [1.82, 2.24) is 9.88 Å². The van der Waals surface area contributed by atoms with Gasteiger partial charge >= 0.3 is 6.18 Å². The van der Waals surface area contributed by atoms with Crippen molar-refractivity contribution in [3.8, 4) is 0 Å². The van der Waals surface area contributed by atoms with Crippen LogP contribution in [0.5, 0.6) is 0 Å². The maximum atomic E-state index is 12.4. The summed E-state index contributed by atoms with van der Waals surface area (Å²) in [6.07, 6.45) is -3.84. The highest BCUT2D eigenvalue weighted by molar-refractivity contribution is 7.09. The number of likely N-dealkylation sites (tertiary alicyclic amines) is 1. The smallest absolute Gasteiger partial charge is 0.393 e. The van der Waals surface area contributed by atoms with Crippen LogP contribution in [0.25, 0.3) is 0 Å². The van der Waals surface area contributed by atoms with E-state index in [1.807, 2.05) is 4.90 Å². The van der Waals surface area contributed by atoms with Crippen LogP contribution in [-0.2, 0) is 12.7 Å². The van der Waals surface area contributed by atoms with Gasteiger partial charge in [-0.25, -0.2) is 4.98 Å². The Hall–Kier alpha value is -0.660. The van der Waals surface area contributed by atoms with Crippen molar-refractivity contribution in [2.45, 2.75) is 32.2 Å². The third kappa shape index (κ3) is 3.21. The molecule has 0 aliphatic carbocycles. The molecule has 1 aromatic rings.